The highest BCUT2D eigenvalue weighted by atomic mass is 35.5. The zero-order chi connectivity index (χ0) is 12.0. The molecule has 0 aliphatic carbocycles. The lowest BCUT2D eigenvalue weighted by Gasteiger charge is -2.10. The second-order valence-corrected chi connectivity index (χ2v) is 3.66. The van der Waals surface area contributed by atoms with E-state index in [1.807, 2.05) is 6.92 Å². The van der Waals surface area contributed by atoms with Gasteiger partial charge in [-0.2, -0.15) is 0 Å². The molecular formula is C11H14ClFN2O. The van der Waals surface area contributed by atoms with E-state index in [9.17, 15) is 9.18 Å². The van der Waals surface area contributed by atoms with Gasteiger partial charge in [0, 0.05) is 17.3 Å². The van der Waals surface area contributed by atoms with Crippen LogP contribution in [-0.4, -0.2) is 19.3 Å². The molecule has 5 heteroatoms. The lowest BCUT2D eigenvalue weighted by atomic mass is 10.1. The highest BCUT2D eigenvalue weighted by molar-refractivity contribution is 6.30. The van der Waals surface area contributed by atoms with E-state index in [2.05, 4.69) is 10.6 Å². The SMILES string of the molecule is CCc1cc(Cl)ccc1NC(=O)NCCF. The average Bonchev–Trinajstić information content (AvgIpc) is 2.28. The Morgan fingerprint density at radius 2 is 2.25 bits per heavy atom. The maximum absolute atomic E-state index is 11.8. The molecule has 1 aromatic rings. The molecule has 1 aromatic carbocycles. The summed E-state index contributed by atoms with van der Waals surface area (Å²) in [5, 5.41) is 5.67. The van der Waals surface area contributed by atoms with Crippen LogP contribution in [0, 0.1) is 0 Å². The van der Waals surface area contributed by atoms with E-state index in [-0.39, 0.29) is 6.54 Å². The Morgan fingerprint density at radius 1 is 1.50 bits per heavy atom. The zero-order valence-electron chi connectivity index (χ0n) is 9.02. The molecule has 0 aliphatic heterocycles. The van der Waals surface area contributed by atoms with Crippen molar-refractivity contribution in [2.75, 3.05) is 18.5 Å². The van der Waals surface area contributed by atoms with E-state index in [1.165, 1.54) is 0 Å². The van der Waals surface area contributed by atoms with Crippen molar-refractivity contribution >= 4 is 23.3 Å². The van der Waals surface area contributed by atoms with Crippen LogP contribution in [0.15, 0.2) is 18.2 Å². The number of hydrogen-bond donors (Lipinski definition) is 2. The first-order valence-electron chi connectivity index (χ1n) is 5.06. The highest BCUT2D eigenvalue weighted by Crippen LogP contribution is 2.20. The van der Waals surface area contributed by atoms with Gasteiger partial charge in [-0.3, -0.25) is 0 Å². The number of aryl methyl sites for hydroxylation is 1. The minimum Gasteiger partial charge on any atom is -0.335 e. The second-order valence-electron chi connectivity index (χ2n) is 3.22. The molecule has 0 heterocycles. The number of amides is 2. The predicted molar refractivity (Wildman–Crippen MR) is 63.8 cm³/mol. The van der Waals surface area contributed by atoms with Crippen molar-refractivity contribution in [1.29, 1.82) is 0 Å². The third kappa shape index (κ3) is 3.70. The number of alkyl halides is 1. The molecule has 0 aromatic heterocycles. The van der Waals surface area contributed by atoms with Crippen molar-refractivity contribution in [3.05, 3.63) is 28.8 Å². The number of carbonyl (C=O) groups is 1. The lowest BCUT2D eigenvalue weighted by molar-refractivity contribution is 0.251. The van der Waals surface area contributed by atoms with Crippen LogP contribution in [0.1, 0.15) is 12.5 Å². The number of carbonyl (C=O) groups excluding carboxylic acids is 1. The van der Waals surface area contributed by atoms with Crippen LogP contribution in [0.25, 0.3) is 0 Å². The number of anilines is 1. The number of benzene rings is 1. The van der Waals surface area contributed by atoms with Gasteiger partial charge in [-0.25, -0.2) is 9.18 Å². The summed E-state index contributed by atoms with van der Waals surface area (Å²) in [7, 11) is 0. The smallest absolute Gasteiger partial charge is 0.319 e. The van der Waals surface area contributed by atoms with Crippen LogP contribution in [0.2, 0.25) is 5.02 Å². The largest absolute Gasteiger partial charge is 0.335 e. The van der Waals surface area contributed by atoms with Crippen molar-refractivity contribution < 1.29 is 9.18 Å². The van der Waals surface area contributed by atoms with Crippen LogP contribution in [-0.2, 0) is 6.42 Å². The van der Waals surface area contributed by atoms with Crippen LogP contribution in [0.4, 0.5) is 14.9 Å². The standard InChI is InChI=1S/C11H14ClFN2O/c1-2-8-7-9(12)3-4-10(8)15-11(16)14-6-5-13/h3-4,7H,2,5-6H2,1H3,(H2,14,15,16). The van der Waals surface area contributed by atoms with Crippen LogP contribution in [0.5, 0.6) is 0 Å². The first kappa shape index (κ1) is 12.8. The van der Waals surface area contributed by atoms with Crippen molar-refractivity contribution in [2.24, 2.45) is 0 Å². The Labute approximate surface area is 99.0 Å². The molecule has 2 N–H and O–H groups in total. The van der Waals surface area contributed by atoms with Crippen LogP contribution < -0.4 is 10.6 Å². The number of hydrogen-bond acceptors (Lipinski definition) is 1. The zero-order valence-corrected chi connectivity index (χ0v) is 9.77. The van der Waals surface area contributed by atoms with E-state index in [1.54, 1.807) is 18.2 Å². The molecule has 0 atom stereocenters. The summed E-state index contributed by atoms with van der Waals surface area (Å²) >= 11 is 5.84. The first-order chi connectivity index (χ1) is 7.67. The molecule has 2 amide bonds. The summed E-state index contributed by atoms with van der Waals surface area (Å²) in [5.41, 5.74) is 1.64. The molecule has 1 rings (SSSR count). The Kier molecular flexibility index (Phi) is 5.05. The summed E-state index contributed by atoms with van der Waals surface area (Å²) in [6, 6.07) is 4.82. The van der Waals surface area contributed by atoms with Crippen molar-refractivity contribution in [2.45, 2.75) is 13.3 Å². The molecule has 3 nitrogen and oxygen atoms in total. The van der Waals surface area contributed by atoms with Gasteiger partial charge in [0.25, 0.3) is 0 Å². The van der Waals surface area contributed by atoms with Gasteiger partial charge in [0.15, 0.2) is 0 Å². The molecule has 0 spiro atoms. The number of urea groups is 1. The van der Waals surface area contributed by atoms with Crippen molar-refractivity contribution in [3.8, 4) is 0 Å². The Bertz CT molecular complexity index is 371. The van der Waals surface area contributed by atoms with Gasteiger partial charge in [-0.15, -0.1) is 0 Å². The summed E-state index contributed by atoms with van der Waals surface area (Å²) in [6.45, 7) is 1.41. The van der Waals surface area contributed by atoms with E-state index >= 15 is 0 Å². The number of rotatable bonds is 4. The topological polar surface area (TPSA) is 41.1 Å². The monoisotopic (exact) mass is 244 g/mol. The summed E-state index contributed by atoms with van der Waals surface area (Å²) in [5.74, 6) is 0. The van der Waals surface area contributed by atoms with Gasteiger partial charge in [0.05, 0.1) is 0 Å². The van der Waals surface area contributed by atoms with Gasteiger partial charge in [-0.05, 0) is 30.2 Å². The maximum Gasteiger partial charge on any atom is 0.319 e. The van der Waals surface area contributed by atoms with E-state index in [4.69, 9.17) is 11.6 Å². The fourth-order valence-corrected chi connectivity index (χ4v) is 1.50. The first-order valence-corrected chi connectivity index (χ1v) is 5.44. The third-order valence-electron chi connectivity index (χ3n) is 2.08. The third-order valence-corrected chi connectivity index (χ3v) is 2.31. The molecule has 0 saturated carbocycles. The van der Waals surface area contributed by atoms with Gasteiger partial charge in [0.1, 0.15) is 6.67 Å². The molecule has 0 aliphatic rings. The minimum absolute atomic E-state index is 0.0148. The van der Waals surface area contributed by atoms with Crippen molar-refractivity contribution in [1.82, 2.24) is 5.32 Å². The molecule has 0 saturated heterocycles. The molecule has 0 unspecified atom stereocenters. The summed E-state index contributed by atoms with van der Waals surface area (Å²) in [6.07, 6.45) is 0.763. The van der Waals surface area contributed by atoms with E-state index in [0.29, 0.717) is 10.7 Å². The van der Waals surface area contributed by atoms with Gasteiger partial charge in [-0.1, -0.05) is 18.5 Å². The fourth-order valence-electron chi connectivity index (χ4n) is 1.30. The van der Waals surface area contributed by atoms with E-state index in [0.717, 1.165) is 12.0 Å². The normalized spacial score (nSPS) is 9.94. The Morgan fingerprint density at radius 3 is 2.88 bits per heavy atom. The fraction of sp³-hybridized carbons (Fsp3) is 0.364. The molecule has 0 radical (unpaired) electrons. The average molecular weight is 245 g/mol. The van der Waals surface area contributed by atoms with Crippen molar-refractivity contribution in [3.63, 3.8) is 0 Å². The molecular weight excluding hydrogens is 231 g/mol. The molecule has 88 valence electrons. The van der Waals surface area contributed by atoms with E-state index < -0.39 is 12.7 Å². The predicted octanol–water partition coefficient (Wildman–Crippen LogP) is 2.99. The maximum atomic E-state index is 11.8. The summed E-state index contributed by atoms with van der Waals surface area (Å²) in [4.78, 5) is 11.3. The van der Waals surface area contributed by atoms with Gasteiger partial charge >= 0.3 is 6.03 Å². The number of halogens is 2. The van der Waals surface area contributed by atoms with Crippen LogP contribution in [0.3, 0.4) is 0 Å². The molecule has 0 fully saturated rings. The Hall–Kier alpha value is -1.29. The quantitative estimate of drug-likeness (QED) is 0.840. The Balaban J connectivity index is 2.69. The van der Waals surface area contributed by atoms with Gasteiger partial charge in [0.2, 0.25) is 0 Å². The minimum atomic E-state index is -0.575. The number of nitrogens with one attached hydrogen (secondary N) is 2. The molecule has 0 bridgehead atoms. The second kappa shape index (κ2) is 6.33. The highest BCUT2D eigenvalue weighted by Gasteiger charge is 2.05. The molecule has 16 heavy (non-hydrogen) atoms. The lowest BCUT2D eigenvalue weighted by Crippen LogP contribution is -2.30. The summed E-state index contributed by atoms with van der Waals surface area (Å²) < 4.78 is 11.8. The van der Waals surface area contributed by atoms with Gasteiger partial charge < -0.3 is 10.6 Å². The van der Waals surface area contributed by atoms with Crippen LogP contribution >= 0.6 is 11.6 Å².